The number of esters is 1. The minimum absolute atomic E-state index is 0.135. The van der Waals surface area contributed by atoms with Gasteiger partial charge in [0.25, 0.3) is 0 Å². The molecule has 27 heavy (non-hydrogen) atoms. The second-order valence-electron chi connectivity index (χ2n) is 5.92. The zero-order valence-electron chi connectivity index (χ0n) is 15.2. The summed E-state index contributed by atoms with van der Waals surface area (Å²) in [6, 6.07) is 11.6. The van der Waals surface area contributed by atoms with Crippen LogP contribution in [0.4, 0.5) is 4.39 Å². The molecule has 144 valence electrons. The van der Waals surface area contributed by atoms with Gasteiger partial charge in [-0.3, -0.25) is 9.59 Å². The molecule has 0 aliphatic rings. The first-order valence-corrected chi connectivity index (χ1v) is 8.72. The lowest BCUT2D eigenvalue weighted by atomic mass is 10.1. The highest BCUT2D eigenvalue weighted by molar-refractivity contribution is 6.30. The molecule has 5 nitrogen and oxygen atoms in total. The number of carbonyl (C=O) groups is 2. The number of carbonyl (C=O) groups excluding carboxylic acids is 2. The first-order chi connectivity index (χ1) is 12.9. The van der Waals surface area contributed by atoms with Gasteiger partial charge in [-0.05, 0) is 41.8 Å². The lowest BCUT2D eigenvalue weighted by Crippen LogP contribution is -2.35. The van der Waals surface area contributed by atoms with Crippen LogP contribution in [0.1, 0.15) is 17.5 Å². The van der Waals surface area contributed by atoms with Gasteiger partial charge in [0.05, 0.1) is 14.2 Å². The molecule has 0 atom stereocenters. The van der Waals surface area contributed by atoms with E-state index in [1.807, 2.05) is 0 Å². The highest BCUT2D eigenvalue weighted by atomic mass is 35.5. The smallest absolute Gasteiger partial charge is 0.325 e. The van der Waals surface area contributed by atoms with Gasteiger partial charge in [-0.2, -0.15) is 0 Å². The average molecular weight is 394 g/mol. The number of benzene rings is 2. The molecule has 1 amide bonds. The standard InChI is InChI=1S/C20H21ClFNO4/c1-26-18-9-5-14(11-17(18)22)6-10-19(24)23(13-20(25)27-2)12-15-3-7-16(21)8-4-15/h3-5,7-9,11H,6,10,12-13H2,1-2H3. The molecular formula is C20H21ClFNO4. The van der Waals surface area contributed by atoms with Crippen molar-refractivity contribution in [1.82, 2.24) is 4.90 Å². The van der Waals surface area contributed by atoms with Gasteiger partial charge >= 0.3 is 5.97 Å². The maximum Gasteiger partial charge on any atom is 0.325 e. The van der Waals surface area contributed by atoms with Crippen molar-refractivity contribution in [1.29, 1.82) is 0 Å². The van der Waals surface area contributed by atoms with E-state index in [1.165, 1.54) is 31.3 Å². The number of hydrogen-bond donors (Lipinski definition) is 0. The molecule has 7 heteroatoms. The van der Waals surface area contributed by atoms with Gasteiger partial charge in [0.2, 0.25) is 5.91 Å². The molecule has 0 unspecified atom stereocenters. The third kappa shape index (κ3) is 6.25. The number of amides is 1. The maximum atomic E-state index is 13.8. The van der Waals surface area contributed by atoms with E-state index in [1.54, 1.807) is 30.3 Å². The number of methoxy groups -OCH3 is 2. The molecule has 0 bridgehead atoms. The highest BCUT2D eigenvalue weighted by Crippen LogP contribution is 2.19. The van der Waals surface area contributed by atoms with Gasteiger partial charge in [0.15, 0.2) is 11.6 Å². The van der Waals surface area contributed by atoms with E-state index < -0.39 is 11.8 Å². The molecular weight excluding hydrogens is 373 g/mol. The van der Waals surface area contributed by atoms with Crippen LogP contribution < -0.4 is 4.74 Å². The minimum Gasteiger partial charge on any atom is -0.494 e. The van der Waals surface area contributed by atoms with Crippen molar-refractivity contribution in [3.63, 3.8) is 0 Å². The number of nitrogens with zero attached hydrogens (tertiary/aromatic N) is 1. The summed E-state index contributed by atoms with van der Waals surface area (Å²) in [4.78, 5) is 25.7. The molecule has 0 aliphatic carbocycles. The van der Waals surface area contributed by atoms with E-state index >= 15 is 0 Å². The average Bonchev–Trinajstić information content (AvgIpc) is 2.67. The Kier molecular flexibility index (Phi) is 7.61. The molecule has 0 heterocycles. The SMILES string of the molecule is COC(=O)CN(Cc1ccc(Cl)cc1)C(=O)CCc1ccc(OC)c(F)c1. The van der Waals surface area contributed by atoms with Crippen molar-refractivity contribution in [2.24, 2.45) is 0 Å². The van der Waals surface area contributed by atoms with E-state index in [-0.39, 0.29) is 31.2 Å². The molecule has 0 aromatic heterocycles. The summed E-state index contributed by atoms with van der Waals surface area (Å²) in [5, 5.41) is 0.589. The van der Waals surface area contributed by atoms with Crippen molar-refractivity contribution in [2.45, 2.75) is 19.4 Å². The fourth-order valence-corrected chi connectivity index (χ4v) is 2.66. The lowest BCUT2D eigenvalue weighted by Gasteiger charge is -2.22. The van der Waals surface area contributed by atoms with Gasteiger partial charge in [0, 0.05) is 18.0 Å². The fraction of sp³-hybridized carbons (Fsp3) is 0.300. The zero-order chi connectivity index (χ0) is 19.8. The van der Waals surface area contributed by atoms with Crippen LogP contribution >= 0.6 is 11.6 Å². The second-order valence-corrected chi connectivity index (χ2v) is 6.36. The van der Waals surface area contributed by atoms with E-state index in [2.05, 4.69) is 4.74 Å². The predicted molar refractivity (Wildman–Crippen MR) is 100 cm³/mol. The van der Waals surface area contributed by atoms with Crippen molar-refractivity contribution < 1.29 is 23.5 Å². The monoisotopic (exact) mass is 393 g/mol. The van der Waals surface area contributed by atoms with Crippen LogP contribution in [0.15, 0.2) is 42.5 Å². The van der Waals surface area contributed by atoms with Crippen LogP contribution in [0, 0.1) is 5.82 Å². The fourth-order valence-electron chi connectivity index (χ4n) is 2.54. The molecule has 0 saturated heterocycles. The Hall–Kier alpha value is -2.60. The van der Waals surface area contributed by atoms with Crippen LogP contribution in [-0.2, 0) is 27.3 Å². The summed E-state index contributed by atoms with van der Waals surface area (Å²) < 4.78 is 23.3. The lowest BCUT2D eigenvalue weighted by molar-refractivity contribution is -0.147. The number of rotatable bonds is 8. The van der Waals surface area contributed by atoms with Crippen molar-refractivity contribution >= 4 is 23.5 Å². The first-order valence-electron chi connectivity index (χ1n) is 8.34. The summed E-state index contributed by atoms with van der Waals surface area (Å²) in [5.74, 6) is -1.06. The van der Waals surface area contributed by atoms with Gasteiger partial charge in [-0.15, -0.1) is 0 Å². The van der Waals surface area contributed by atoms with Gasteiger partial charge in [-0.25, -0.2) is 4.39 Å². The van der Waals surface area contributed by atoms with E-state index in [9.17, 15) is 14.0 Å². The third-order valence-electron chi connectivity index (χ3n) is 4.03. The summed E-state index contributed by atoms with van der Waals surface area (Å²) in [7, 11) is 2.66. The Labute approximate surface area is 162 Å². The summed E-state index contributed by atoms with van der Waals surface area (Å²) in [6.45, 7) is 0.0943. The minimum atomic E-state index is -0.507. The first kappa shape index (κ1) is 20.7. The highest BCUT2D eigenvalue weighted by Gasteiger charge is 2.18. The Morgan fingerprint density at radius 2 is 1.74 bits per heavy atom. The molecule has 0 saturated carbocycles. The van der Waals surface area contributed by atoms with E-state index in [0.29, 0.717) is 17.0 Å². The molecule has 0 spiro atoms. The number of aryl methyl sites for hydroxylation is 1. The molecule has 2 rings (SSSR count). The van der Waals surface area contributed by atoms with Gasteiger partial charge < -0.3 is 14.4 Å². The van der Waals surface area contributed by atoms with Crippen LogP contribution in [0.25, 0.3) is 0 Å². The summed E-state index contributed by atoms with van der Waals surface area (Å²) in [5.41, 5.74) is 1.51. The molecule has 0 aliphatic heterocycles. The molecule has 0 fully saturated rings. The third-order valence-corrected chi connectivity index (χ3v) is 4.28. The number of hydrogen-bond acceptors (Lipinski definition) is 4. The van der Waals surface area contributed by atoms with Crippen LogP contribution in [0.5, 0.6) is 5.75 Å². The Morgan fingerprint density at radius 3 is 2.33 bits per heavy atom. The molecule has 0 N–H and O–H groups in total. The van der Waals surface area contributed by atoms with Crippen LogP contribution in [0.2, 0.25) is 5.02 Å². The van der Waals surface area contributed by atoms with Gasteiger partial charge in [-0.1, -0.05) is 29.8 Å². The predicted octanol–water partition coefficient (Wildman–Crippen LogP) is 3.62. The molecule has 2 aromatic carbocycles. The van der Waals surface area contributed by atoms with Crippen LogP contribution in [-0.4, -0.2) is 37.5 Å². The normalized spacial score (nSPS) is 10.4. The number of halogens is 2. The van der Waals surface area contributed by atoms with Gasteiger partial charge in [0.1, 0.15) is 6.54 Å². The largest absolute Gasteiger partial charge is 0.494 e. The van der Waals surface area contributed by atoms with E-state index in [4.69, 9.17) is 16.3 Å². The Morgan fingerprint density at radius 1 is 1.07 bits per heavy atom. The van der Waals surface area contributed by atoms with Crippen molar-refractivity contribution in [3.8, 4) is 5.75 Å². The molecule has 0 radical (unpaired) electrons. The quantitative estimate of drug-likeness (QED) is 0.643. The van der Waals surface area contributed by atoms with Crippen LogP contribution in [0.3, 0.4) is 0 Å². The molecule has 2 aromatic rings. The van der Waals surface area contributed by atoms with Crippen molar-refractivity contribution in [3.05, 3.63) is 64.4 Å². The summed E-state index contributed by atoms with van der Waals surface area (Å²) in [6.07, 6.45) is 0.481. The summed E-state index contributed by atoms with van der Waals surface area (Å²) >= 11 is 5.88. The number of ether oxygens (including phenoxy) is 2. The Balaban J connectivity index is 2.04. The van der Waals surface area contributed by atoms with E-state index in [0.717, 1.165) is 5.56 Å². The second kappa shape index (κ2) is 9.92. The topological polar surface area (TPSA) is 55.8 Å². The Bertz CT molecular complexity index is 795. The van der Waals surface area contributed by atoms with Crippen molar-refractivity contribution in [2.75, 3.05) is 20.8 Å². The maximum absolute atomic E-state index is 13.8. The zero-order valence-corrected chi connectivity index (χ0v) is 16.0.